The fourth-order valence-electron chi connectivity index (χ4n) is 3.36. The zero-order valence-corrected chi connectivity index (χ0v) is 16.3. The average molecular weight is 401 g/mol. The Bertz CT molecular complexity index is 922. The summed E-state index contributed by atoms with van der Waals surface area (Å²) in [7, 11) is 2.56. The Hall–Kier alpha value is -3.13. The molecule has 1 fully saturated rings. The van der Waals surface area contributed by atoms with Gasteiger partial charge in [0.2, 0.25) is 5.43 Å². The van der Waals surface area contributed by atoms with Gasteiger partial charge in [-0.05, 0) is 5.56 Å². The molecule has 1 aliphatic heterocycles. The van der Waals surface area contributed by atoms with Gasteiger partial charge in [-0.25, -0.2) is 4.79 Å². The molecule has 3 rings (SSSR count). The Kier molecular flexibility index (Phi) is 6.66. The van der Waals surface area contributed by atoms with E-state index >= 15 is 0 Å². The standard InChI is InChI=1S/C21H23NO7/c1-26-18(24)10-15-12-28-13-16(15)22-9-8-17(23)20(19(22)21(25)27-2)29-11-14-6-4-3-5-7-14/h3-9,15-16H,10-13H2,1-2H3. The topological polar surface area (TPSA) is 93.1 Å². The van der Waals surface area contributed by atoms with Crippen LogP contribution in [0, 0.1) is 5.92 Å². The fraction of sp³-hybridized carbons (Fsp3) is 0.381. The highest BCUT2D eigenvalue weighted by atomic mass is 16.5. The molecule has 1 aliphatic rings. The zero-order chi connectivity index (χ0) is 20.8. The molecule has 1 aromatic heterocycles. The maximum absolute atomic E-state index is 12.6. The summed E-state index contributed by atoms with van der Waals surface area (Å²) in [5.41, 5.74) is 0.424. The van der Waals surface area contributed by atoms with Crippen LogP contribution in [0.2, 0.25) is 0 Å². The molecule has 0 spiro atoms. The Labute approximate surface area is 168 Å². The SMILES string of the molecule is COC(=O)CC1COCC1n1ccc(=O)c(OCc2ccccc2)c1C(=O)OC. The van der Waals surface area contributed by atoms with Crippen molar-refractivity contribution in [1.82, 2.24) is 4.57 Å². The molecule has 0 aliphatic carbocycles. The minimum Gasteiger partial charge on any atom is -0.482 e. The van der Waals surface area contributed by atoms with Crippen molar-refractivity contribution in [3.63, 3.8) is 0 Å². The second kappa shape index (κ2) is 9.38. The van der Waals surface area contributed by atoms with Gasteiger partial charge in [0.25, 0.3) is 0 Å². The molecule has 0 N–H and O–H groups in total. The van der Waals surface area contributed by atoms with E-state index < -0.39 is 11.4 Å². The molecule has 2 aromatic rings. The molecular weight excluding hydrogens is 378 g/mol. The Morgan fingerprint density at radius 3 is 2.55 bits per heavy atom. The third-order valence-electron chi connectivity index (χ3n) is 4.87. The number of pyridine rings is 1. The van der Waals surface area contributed by atoms with Gasteiger partial charge in [0.1, 0.15) is 6.61 Å². The molecule has 1 saturated heterocycles. The number of carbonyl (C=O) groups is 2. The number of ether oxygens (including phenoxy) is 4. The van der Waals surface area contributed by atoms with E-state index in [2.05, 4.69) is 0 Å². The van der Waals surface area contributed by atoms with Crippen molar-refractivity contribution in [3.8, 4) is 5.75 Å². The summed E-state index contributed by atoms with van der Waals surface area (Å²) in [4.78, 5) is 36.8. The van der Waals surface area contributed by atoms with Gasteiger partial charge >= 0.3 is 11.9 Å². The van der Waals surface area contributed by atoms with Crippen molar-refractivity contribution < 1.29 is 28.5 Å². The van der Waals surface area contributed by atoms with Gasteiger partial charge in [0.15, 0.2) is 11.4 Å². The third kappa shape index (κ3) is 4.65. The van der Waals surface area contributed by atoms with E-state index in [0.29, 0.717) is 6.61 Å². The summed E-state index contributed by atoms with van der Waals surface area (Å²) in [6.45, 7) is 0.746. The van der Waals surface area contributed by atoms with E-state index in [1.54, 1.807) is 4.57 Å². The van der Waals surface area contributed by atoms with Crippen LogP contribution in [0.25, 0.3) is 0 Å². The maximum Gasteiger partial charge on any atom is 0.358 e. The normalized spacial score (nSPS) is 18.3. The van der Waals surface area contributed by atoms with Crippen molar-refractivity contribution in [2.45, 2.75) is 19.1 Å². The van der Waals surface area contributed by atoms with Crippen molar-refractivity contribution in [2.75, 3.05) is 27.4 Å². The summed E-state index contributed by atoms with van der Waals surface area (Å²) in [5.74, 6) is -1.37. The molecule has 0 saturated carbocycles. The molecule has 8 nitrogen and oxygen atoms in total. The van der Waals surface area contributed by atoms with Gasteiger partial charge < -0.3 is 23.5 Å². The number of esters is 2. The lowest BCUT2D eigenvalue weighted by molar-refractivity contribution is -0.141. The largest absolute Gasteiger partial charge is 0.482 e. The number of aromatic nitrogens is 1. The number of hydrogen-bond donors (Lipinski definition) is 0. The number of rotatable bonds is 7. The number of nitrogens with zero attached hydrogens (tertiary/aromatic N) is 1. The second-order valence-electron chi connectivity index (χ2n) is 6.68. The van der Waals surface area contributed by atoms with Crippen LogP contribution in [0.4, 0.5) is 0 Å². The van der Waals surface area contributed by atoms with Crippen LogP contribution in [0.15, 0.2) is 47.4 Å². The van der Waals surface area contributed by atoms with Crippen LogP contribution in [0.1, 0.15) is 28.5 Å². The lowest BCUT2D eigenvalue weighted by atomic mass is 9.99. The first-order valence-electron chi connectivity index (χ1n) is 9.20. The molecule has 2 heterocycles. The summed E-state index contributed by atoms with van der Waals surface area (Å²) in [6.07, 6.45) is 1.64. The van der Waals surface area contributed by atoms with Crippen LogP contribution in [0.5, 0.6) is 5.75 Å². The van der Waals surface area contributed by atoms with Crippen LogP contribution in [-0.4, -0.2) is 43.9 Å². The summed E-state index contributed by atoms with van der Waals surface area (Å²) in [5, 5.41) is 0. The molecular formula is C21H23NO7. The minimum absolute atomic E-state index is 0.00120. The van der Waals surface area contributed by atoms with E-state index in [1.165, 1.54) is 26.5 Å². The summed E-state index contributed by atoms with van der Waals surface area (Å²) in [6, 6.07) is 10.3. The van der Waals surface area contributed by atoms with Gasteiger partial charge in [-0.1, -0.05) is 30.3 Å². The highest BCUT2D eigenvalue weighted by Gasteiger charge is 2.35. The van der Waals surface area contributed by atoms with Crippen LogP contribution < -0.4 is 10.2 Å². The average Bonchev–Trinajstić information content (AvgIpc) is 3.20. The van der Waals surface area contributed by atoms with Crippen molar-refractivity contribution in [3.05, 3.63) is 64.1 Å². The molecule has 0 amide bonds. The lowest BCUT2D eigenvalue weighted by Crippen LogP contribution is -2.28. The van der Waals surface area contributed by atoms with Gasteiger partial charge in [0.05, 0.1) is 39.9 Å². The molecule has 0 bridgehead atoms. The number of methoxy groups -OCH3 is 2. The number of benzene rings is 1. The zero-order valence-electron chi connectivity index (χ0n) is 16.3. The van der Waals surface area contributed by atoms with E-state index in [1.807, 2.05) is 30.3 Å². The van der Waals surface area contributed by atoms with Gasteiger partial charge in [-0.2, -0.15) is 0 Å². The molecule has 8 heteroatoms. The molecule has 29 heavy (non-hydrogen) atoms. The predicted octanol–water partition coefficient (Wildman–Crippen LogP) is 1.96. The molecule has 2 unspecified atom stereocenters. The van der Waals surface area contributed by atoms with Crippen molar-refractivity contribution >= 4 is 11.9 Å². The van der Waals surface area contributed by atoms with Gasteiger partial charge in [0, 0.05) is 18.2 Å². The van der Waals surface area contributed by atoms with Crippen LogP contribution in [-0.2, 0) is 25.6 Å². The first-order chi connectivity index (χ1) is 14.0. The smallest absolute Gasteiger partial charge is 0.358 e. The highest BCUT2D eigenvalue weighted by molar-refractivity contribution is 5.90. The summed E-state index contributed by atoms with van der Waals surface area (Å²) < 4.78 is 22.6. The Balaban J connectivity index is 1.97. The van der Waals surface area contributed by atoms with E-state index in [9.17, 15) is 14.4 Å². The van der Waals surface area contributed by atoms with E-state index in [-0.39, 0.29) is 49.0 Å². The van der Waals surface area contributed by atoms with E-state index in [4.69, 9.17) is 18.9 Å². The van der Waals surface area contributed by atoms with Gasteiger partial charge in [-0.3, -0.25) is 9.59 Å². The Morgan fingerprint density at radius 2 is 1.86 bits per heavy atom. The molecule has 154 valence electrons. The van der Waals surface area contributed by atoms with Gasteiger partial charge in [-0.15, -0.1) is 0 Å². The fourth-order valence-corrected chi connectivity index (χ4v) is 3.36. The summed E-state index contributed by atoms with van der Waals surface area (Å²) >= 11 is 0. The van der Waals surface area contributed by atoms with Crippen LogP contribution in [0.3, 0.4) is 0 Å². The van der Waals surface area contributed by atoms with Crippen LogP contribution >= 0.6 is 0 Å². The van der Waals surface area contributed by atoms with E-state index in [0.717, 1.165) is 5.56 Å². The highest BCUT2D eigenvalue weighted by Crippen LogP contribution is 2.32. The first kappa shape index (κ1) is 20.6. The maximum atomic E-state index is 12.6. The van der Waals surface area contributed by atoms with Crippen molar-refractivity contribution in [2.24, 2.45) is 5.92 Å². The second-order valence-corrected chi connectivity index (χ2v) is 6.68. The lowest BCUT2D eigenvalue weighted by Gasteiger charge is -2.24. The van der Waals surface area contributed by atoms with Crippen molar-refractivity contribution in [1.29, 1.82) is 0 Å². The molecule has 1 aromatic carbocycles. The number of hydrogen-bond acceptors (Lipinski definition) is 7. The third-order valence-corrected chi connectivity index (χ3v) is 4.87. The number of carbonyl (C=O) groups excluding carboxylic acids is 2. The first-order valence-corrected chi connectivity index (χ1v) is 9.20. The monoisotopic (exact) mass is 401 g/mol. The molecule has 2 atom stereocenters. The predicted molar refractivity (Wildman–Crippen MR) is 103 cm³/mol. The Morgan fingerprint density at radius 1 is 1.10 bits per heavy atom. The molecule has 0 radical (unpaired) electrons. The minimum atomic E-state index is -0.700. The quantitative estimate of drug-likeness (QED) is 0.655.